The molecule has 2 saturated heterocycles. The maximum atomic E-state index is 13.5. The highest BCUT2D eigenvalue weighted by Crippen LogP contribution is 2.53. The second kappa shape index (κ2) is 6.08. The molecule has 3 heterocycles. The van der Waals surface area contributed by atoms with Gasteiger partial charge in [0.25, 0.3) is 5.91 Å². The van der Waals surface area contributed by atoms with E-state index in [4.69, 9.17) is 0 Å². The van der Waals surface area contributed by atoms with Gasteiger partial charge in [-0.25, -0.2) is 0 Å². The molecule has 1 N–H and O–H groups in total. The van der Waals surface area contributed by atoms with Crippen LogP contribution in [0.1, 0.15) is 82.9 Å². The highest BCUT2D eigenvalue weighted by molar-refractivity contribution is 5.93. The van der Waals surface area contributed by atoms with E-state index in [9.17, 15) is 9.59 Å². The summed E-state index contributed by atoms with van der Waals surface area (Å²) in [6, 6.07) is 2.45. The average molecular weight is 373 g/mol. The SMILES string of the molecule is CC(=O)N1C[C@@H]2C[C@@]3(C)[C@H](CCCC[C@@H]13)N2C(=O)c1cc(C(C)(C)C)[nH]n1. The number of hydrogen-bond acceptors (Lipinski definition) is 3. The van der Waals surface area contributed by atoms with Gasteiger partial charge < -0.3 is 9.80 Å². The summed E-state index contributed by atoms with van der Waals surface area (Å²) in [6.45, 7) is 11.0. The number of nitrogens with zero attached hydrogens (tertiary/aromatic N) is 3. The molecule has 148 valence electrons. The number of rotatable bonds is 1. The van der Waals surface area contributed by atoms with Crippen LogP contribution in [0.4, 0.5) is 0 Å². The molecule has 0 spiro atoms. The van der Waals surface area contributed by atoms with E-state index < -0.39 is 0 Å². The van der Waals surface area contributed by atoms with E-state index in [1.54, 1.807) is 6.92 Å². The maximum Gasteiger partial charge on any atom is 0.274 e. The van der Waals surface area contributed by atoms with Gasteiger partial charge >= 0.3 is 0 Å². The monoisotopic (exact) mass is 372 g/mol. The van der Waals surface area contributed by atoms with Crippen LogP contribution in [-0.2, 0) is 10.2 Å². The number of H-pyrrole nitrogens is 1. The lowest BCUT2D eigenvalue weighted by Gasteiger charge is -2.46. The van der Waals surface area contributed by atoms with Crippen molar-refractivity contribution in [3.8, 4) is 0 Å². The normalized spacial score (nSPS) is 33.1. The number of hydrogen-bond donors (Lipinski definition) is 1. The highest BCUT2D eigenvalue weighted by atomic mass is 16.2. The summed E-state index contributed by atoms with van der Waals surface area (Å²) in [7, 11) is 0. The Kier molecular flexibility index (Phi) is 4.17. The van der Waals surface area contributed by atoms with Crippen LogP contribution in [0.25, 0.3) is 0 Å². The largest absolute Gasteiger partial charge is 0.337 e. The summed E-state index contributed by atoms with van der Waals surface area (Å²) in [5, 5.41) is 7.40. The lowest BCUT2D eigenvalue weighted by atomic mass is 9.71. The fraction of sp³-hybridized carbons (Fsp3) is 0.762. The molecule has 1 aromatic heterocycles. The van der Waals surface area contributed by atoms with Crippen molar-refractivity contribution in [1.82, 2.24) is 20.0 Å². The van der Waals surface area contributed by atoms with Crippen molar-refractivity contribution in [3.63, 3.8) is 0 Å². The number of piperidine rings is 1. The van der Waals surface area contributed by atoms with Gasteiger partial charge in [-0.2, -0.15) is 5.10 Å². The van der Waals surface area contributed by atoms with Gasteiger partial charge in [-0.1, -0.05) is 40.5 Å². The molecular weight excluding hydrogens is 340 g/mol. The van der Waals surface area contributed by atoms with Crippen molar-refractivity contribution >= 4 is 11.8 Å². The second-order valence-electron chi connectivity index (χ2n) is 9.98. The van der Waals surface area contributed by atoms with Gasteiger partial charge in [0.05, 0.1) is 6.04 Å². The molecule has 1 saturated carbocycles. The number of amides is 2. The molecule has 6 nitrogen and oxygen atoms in total. The zero-order valence-corrected chi connectivity index (χ0v) is 17.2. The zero-order chi connectivity index (χ0) is 19.6. The Labute approximate surface area is 161 Å². The summed E-state index contributed by atoms with van der Waals surface area (Å²) in [6.07, 6.45) is 5.32. The van der Waals surface area contributed by atoms with Crippen molar-refractivity contribution in [2.75, 3.05) is 6.54 Å². The first-order valence-electron chi connectivity index (χ1n) is 10.3. The minimum Gasteiger partial charge on any atom is -0.337 e. The lowest BCUT2D eigenvalue weighted by Crippen LogP contribution is -2.55. The summed E-state index contributed by atoms with van der Waals surface area (Å²) >= 11 is 0. The number of carbonyl (C=O) groups is 2. The molecule has 3 fully saturated rings. The van der Waals surface area contributed by atoms with Gasteiger partial charge in [-0.3, -0.25) is 14.7 Å². The summed E-state index contributed by atoms with van der Waals surface area (Å²) in [4.78, 5) is 30.0. The van der Waals surface area contributed by atoms with Crippen LogP contribution in [0.5, 0.6) is 0 Å². The third-order valence-corrected chi connectivity index (χ3v) is 7.16. The number of nitrogens with one attached hydrogen (secondary N) is 1. The predicted octanol–water partition coefficient (Wildman–Crippen LogP) is 3.10. The van der Waals surface area contributed by atoms with Crippen LogP contribution in [0.15, 0.2) is 6.07 Å². The zero-order valence-electron chi connectivity index (χ0n) is 17.2. The van der Waals surface area contributed by atoms with Crippen LogP contribution in [0.2, 0.25) is 0 Å². The molecule has 2 bridgehead atoms. The molecule has 4 rings (SSSR count). The average Bonchev–Trinajstić information content (AvgIpc) is 3.11. The number of likely N-dealkylation sites (tertiary alicyclic amines) is 2. The van der Waals surface area contributed by atoms with E-state index >= 15 is 0 Å². The Hall–Kier alpha value is -1.85. The topological polar surface area (TPSA) is 69.3 Å². The van der Waals surface area contributed by atoms with Crippen LogP contribution in [-0.4, -0.2) is 56.5 Å². The Bertz CT molecular complexity index is 764. The van der Waals surface area contributed by atoms with Crippen LogP contribution in [0.3, 0.4) is 0 Å². The smallest absolute Gasteiger partial charge is 0.274 e. The molecule has 0 radical (unpaired) electrons. The third kappa shape index (κ3) is 2.79. The van der Waals surface area contributed by atoms with E-state index in [2.05, 4.69) is 42.8 Å². The molecule has 1 aromatic rings. The summed E-state index contributed by atoms with van der Waals surface area (Å²) < 4.78 is 0. The fourth-order valence-corrected chi connectivity index (χ4v) is 5.77. The minimum atomic E-state index is -0.0722. The summed E-state index contributed by atoms with van der Waals surface area (Å²) in [5.74, 6) is 0.159. The molecule has 3 aliphatic rings. The Morgan fingerprint density at radius 1 is 1.22 bits per heavy atom. The number of carbonyl (C=O) groups excluding carboxylic acids is 2. The Morgan fingerprint density at radius 3 is 2.48 bits per heavy atom. The van der Waals surface area contributed by atoms with Gasteiger partial charge in [0.1, 0.15) is 5.69 Å². The molecule has 4 atom stereocenters. The van der Waals surface area contributed by atoms with Crippen molar-refractivity contribution in [2.45, 2.75) is 90.3 Å². The fourth-order valence-electron chi connectivity index (χ4n) is 5.77. The van der Waals surface area contributed by atoms with Gasteiger partial charge in [0.15, 0.2) is 0 Å². The quantitative estimate of drug-likeness (QED) is 0.823. The highest BCUT2D eigenvalue weighted by Gasteiger charge is 2.60. The molecule has 1 aliphatic carbocycles. The maximum absolute atomic E-state index is 13.5. The Morgan fingerprint density at radius 2 is 1.89 bits per heavy atom. The lowest BCUT2D eigenvalue weighted by molar-refractivity contribution is -0.136. The molecule has 0 aromatic carbocycles. The first-order valence-corrected chi connectivity index (χ1v) is 10.3. The molecule has 6 heteroatoms. The third-order valence-electron chi connectivity index (χ3n) is 7.16. The molecule has 27 heavy (non-hydrogen) atoms. The van der Waals surface area contributed by atoms with Gasteiger partial charge in [0.2, 0.25) is 5.91 Å². The van der Waals surface area contributed by atoms with E-state index in [1.165, 1.54) is 0 Å². The molecular formula is C21H32N4O2. The molecule has 2 aliphatic heterocycles. The van der Waals surface area contributed by atoms with E-state index in [0.29, 0.717) is 12.2 Å². The van der Waals surface area contributed by atoms with E-state index in [1.807, 2.05) is 11.0 Å². The number of fused-ring (bicyclic) bond motifs is 1. The van der Waals surface area contributed by atoms with Crippen molar-refractivity contribution in [3.05, 3.63) is 17.5 Å². The molecule has 2 amide bonds. The Balaban J connectivity index is 1.70. The van der Waals surface area contributed by atoms with Crippen molar-refractivity contribution in [1.29, 1.82) is 0 Å². The number of aromatic amines is 1. The van der Waals surface area contributed by atoms with Gasteiger partial charge in [0, 0.05) is 42.1 Å². The van der Waals surface area contributed by atoms with Gasteiger partial charge in [-0.05, 0) is 25.3 Å². The standard InChI is InChI=1S/C21H32N4O2/c1-13(26)24-12-14-11-21(5)17(24)8-6-7-9-18(21)25(14)19(27)15-10-16(23-22-15)20(2,3)4/h10,14,17-18H,6-9,11-12H2,1-5H3,(H,22,23)/t14-,17+,18-,21+/m0/s1. The van der Waals surface area contributed by atoms with E-state index in [-0.39, 0.29) is 40.8 Å². The van der Waals surface area contributed by atoms with Crippen LogP contribution in [0, 0.1) is 5.41 Å². The van der Waals surface area contributed by atoms with Crippen molar-refractivity contribution < 1.29 is 9.59 Å². The second-order valence-corrected chi connectivity index (χ2v) is 9.98. The first-order chi connectivity index (χ1) is 12.6. The first kappa shape index (κ1) is 18.5. The predicted molar refractivity (Wildman–Crippen MR) is 103 cm³/mol. The number of aromatic nitrogens is 2. The van der Waals surface area contributed by atoms with Crippen molar-refractivity contribution in [2.24, 2.45) is 5.41 Å². The van der Waals surface area contributed by atoms with Crippen LogP contribution < -0.4 is 0 Å². The van der Waals surface area contributed by atoms with E-state index in [0.717, 1.165) is 37.8 Å². The minimum absolute atomic E-state index is 0.0100. The summed E-state index contributed by atoms with van der Waals surface area (Å²) in [5.41, 5.74) is 1.40. The van der Waals surface area contributed by atoms with Crippen LogP contribution >= 0.6 is 0 Å². The van der Waals surface area contributed by atoms with Gasteiger partial charge in [-0.15, -0.1) is 0 Å². The molecule has 0 unspecified atom stereocenters.